The van der Waals surface area contributed by atoms with Gasteiger partial charge in [0.05, 0.1) is 27.0 Å². The molecule has 3 aromatic carbocycles. The molecular weight excluding hydrogens is 485 g/mol. The van der Waals surface area contributed by atoms with E-state index in [9.17, 15) is 19.3 Å². The third kappa shape index (κ3) is 4.52. The molecular formula is C26H21ClFN5O3. The molecule has 1 fully saturated rings. The van der Waals surface area contributed by atoms with Crippen LogP contribution in [0, 0.1) is 15.9 Å². The fraction of sp³-hybridized carbons (Fsp3) is 0.154. The van der Waals surface area contributed by atoms with Crippen molar-refractivity contribution in [2.45, 2.75) is 0 Å². The molecule has 0 bridgehead atoms. The fourth-order valence-electron chi connectivity index (χ4n) is 4.26. The summed E-state index contributed by atoms with van der Waals surface area (Å²) in [6.45, 7) is 1.80. The number of hydrogen-bond acceptors (Lipinski definition) is 5. The first-order valence-electron chi connectivity index (χ1n) is 11.3. The molecule has 1 aliphatic heterocycles. The number of nitro benzene ring substituents is 1. The van der Waals surface area contributed by atoms with E-state index in [1.165, 1.54) is 22.9 Å². The molecule has 0 saturated carbocycles. The number of rotatable bonds is 5. The quantitative estimate of drug-likeness (QED) is 0.275. The minimum Gasteiger partial charge on any atom is -0.366 e. The smallest absolute Gasteiger partial charge is 0.272 e. The lowest BCUT2D eigenvalue weighted by Crippen LogP contribution is -2.49. The number of amides is 1. The van der Waals surface area contributed by atoms with E-state index in [0.717, 1.165) is 0 Å². The van der Waals surface area contributed by atoms with Gasteiger partial charge in [0.25, 0.3) is 11.6 Å². The summed E-state index contributed by atoms with van der Waals surface area (Å²) < 4.78 is 15.7. The Morgan fingerprint density at radius 1 is 0.917 bits per heavy atom. The molecule has 8 nitrogen and oxygen atoms in total. The van der Waals surface area contributed by atoms with Crippen LogP contribution in [-0.4, -0.2) is 51.7 Å². The minimum absolute atomic E-state index is 0.0340. The summed E-state index contributed by atoms with van der Waals surface area (Å²) in [6.07, 6.45) is 0. The number of piperazine rings is 1. The average Bonchev–Trinajstić information content (AvgIpc) is 3.34. The molecule has 0 spiro atoms. The number of halogens is 2. The molecule has 1 aromatic heterocycles. The Hall–Kier alpha value is -4.24. The van der Waals surface area contributed by atoms with Gasteiger partial charge in [-0.15, -0.1) is 0 Å². The van der Waals surface area contributed by atoms with Crippen molar-refractivity contribution in [3.8, 4) is 16.9 Å². The molecule has 1 saturated heterocycles. The van der Waals surface area contributed by atoms with Gasteiger partial charge in [0.2, 0.25) is 0 Å². The van der Waals surface area contributed by atoms with Crippen molar-refractivity contribution in [1.29, 1.82) is 0 Å². The summed E-state index contributed by atoms with van der Waals surface area (Å²) in [4.78, 5) is 27.8. The molecule has 36 heavy (non-hydrogen) atoms. The number of nitro groups is 1. The molecule has 1 aliphatic rings. The number of benzene rings is 3. The van der Waals surface area contributed by atoms with Gasteiger partial charge in [-0.05, 0) is 42.5 Å². The first kappa shape index (κ1) is 23.5. The molecule has 5 rings (SSSR count). The van der Waals surface area contributed by atoms with Crippen LogP contribution >= 0.6 is 11.6 Å². The number of nitrogens with zero attached hydrogens (tertiary/aromatic N) is 5. The normalized spacial score (nSPS) is 13.6. The summed E-state index contributed by atoms with van der Waals surface area (Å²) in [7, 11) is 0. The van der Waals surface area contributed by atoms with Crippen molar-refractivity contribution in [1.82, 2.24) is 14.7 Å². The Balaban J connectivity index is 1.45. The van der Waals surface area contributed by atoms with Crippen LogP contribution in [-0.2, 0) is 0 Å². The molecule has 0 radical (unpaired) electrons. The Morgan fingerprint density at radius 2 is 1.56 bits per heavy atom. The predicted octanol–water partition coefficient (Wildman–Crippen LogP) is 5.20. The summed E-state index contributed by atoms with van der Waals surface area (Å²) in [5.74, 6) is -0.523. The molecule has 0 unspecified atom stereocenters. The van der Waals surface area contributed by atoms with Gasteiger partial charge in [-0.25, -0.2) is 9.07 Å². The molecule has 2 heterocycles. The van der Waals surface area contributed by atoms with Gasteiger partial charge in [-0.1, -0.05) is 35.9 Å². The zero-order chi connectivity index (χ0) is 25.2. The second-order valence-corrected chi connectivity index (χ2v) is 8.72. The van der Waals surface area contributed by atoms with Crippen LogP contribution in [0.3, 0.4) is 0 Å². The predicted molar refractivity (Wildman–Crippen MR) is 135 cm³/mol. The van der Waals surface area contributed by atoms with Crippen molar-refractivity contribution in [3.05, 3.63) is 106 Å². The second kappa shape index (κ2) is 9.79. The van der Waals surface area contributed by atoms with Crippen LogP contribution in [0.2, 0.25) is 5.02 Å². The lowest BCUT2D eigenvalue weighted by Gasteiger charge is -2.36. The molecule has 4 aromatic rings. The van der Waals surface area contributed by atoms with Gasteiger partial charge >= 0.3 is 0 Å². The first-order valence-corrected chi connectivity index (χ1v) is 11.7. The number of carbonyl (C=O) groups is 1. The van der Waals surface area contributed by atoms with Crippen molar-refractivity contribution in [2.24, 2.45) is 0 Å². The lowest BCUT2D eigenvalue weighted by molar-refractivity contribution is -0.384. The second-order valence-electron chi connectivity index (χ2n) is 8.31. The third-order valence-corrected chi connectivity index (χ3v) is 6.46. The Labute approximate surface area is 211 Å². The number of non-ortho nitro benzene ring substituents is 1. The maximum atomic E-state index is 14.2. The van der Waals surface area contributed by atoms with Gasteiger partial charge in [0, 0.05) is 43.9 Å². The van der Waals surface area contributed by atoms with E-state index in [-0.39, 0.29) is 17.4 Å². The summed E-state index contributed by atoms with van der Waals surface area (Å²) in [5.41, 5.74) is 2.46. The highest BCUT2D eigenvalue weighted by Gasteiger charge is 2.27. The zero-order valence-corrected chi connectivity index (χ0v) is 19.8. The van der Waals surface area contributed by atoms with E-state index in [1.54, 1.807) is 65.6 Å². The molecule has 182 valence electrons. The van der Waals surface area contributed by atoms with Crippen LogP contribution < -0.4 is 4.90 Å². The highest BCUT2D eigenvalue weighted by molar-refractivity contribution is 6.32. The molecule has 0 aliphatic carbocycles. The number of carbonyl (C=O) groups excluding carboxylic acids is 1. The van der Waals surface area contributed by atoms with E-state index in [0.29, 0.717) is 59.5 Å². The molecule has 10 heteroatoms. The van der Waals surface area contributed by atoms with Crippen molar-refractivity contribution < 1.29 is 14.1 Å². The van der Waals surface area contributed by atoms with Gasteiger partial charge in [-0.2, -0.15) is 5.10 Å². The molecule has 1 amide bonds. The van der Waals surface area contributed by atoms with Crippen molar-refractivity contribution in [2.75, 3.05) is 31.1 Å². The average molecular weight is 506 g/mol. The first-order chi connectivity index (χ1) is 17.4. The van der Waals surface area contributed by atoms with Gasteiger partial charge in [0.15, 0.2) is 0 Å². The Bertz CT molecular complexity index is 1430. The maximum Gasteiger partial charge on any atom is 0.272 e. The van der Waals surface area contributed by atoms with Crippen LogP contribution in [0.1, 0.15) is 10.5 Å². The Kier molecular flexibility index (Phi) is 6.39. The largest absolute Gasteiger partial charge is 0.366 e. The lowest BCUT2D eigenvalue weighted by atomic mass is 10.1. The molecule has 0 N–H and O–H groups in total. The SMILES string of the molecule is O=C(c1cc(-c2ccc([N+](=O)[O-])cc2)nn1-c1ccccc1Cl)N1CCN(c2ccccc2F)CC1. The van der Waals surface area contributed by atoms with E-state index in [2.05, 4.69) is 5.10 Å². The van der Waals surface area contributed by atoms with Gasteiger partial charge < -0.3 is 9.80 Å². The Morgan fingerprint density at radius 3 is 2.19 bits per heavy atom. The van der Waals surface area contributed by atoms with Crippen LogP contribution in [0.5, 0.6) is 0 Å². The zero-order valence-electron chi connectivity index (χ0n) is 19.1. The topological polar surface area (TPSA) is 84.5 Å². The number of aromatic nitrogens is 2. The minimum atomic E-state index is -0.470. The third-order valence-electron chi connectivity index (χ3n) is 6.14. The van der Waals surface area contributed by atoms with E-state index >= 15 is 0 Å². The number of hydrogen-bond donors (Lipinski definition) is 0. The van der Waals surface area contributed by atoms with E-state index in [1.807, 2.05) is 4.90 Å². The number of anilines is 1. The highest BCUT2D eigenvalue weighted by Crippen LogP contribution is 2.28. The summed E-state index contributed by atoms with van der Waals surface area (Å²) in [6, 6.07) is 21.3. The highest BCUT2D eigenvalue weighted by atomic mass is 35.5. The van der Waals surface area contributed by atoms with Crippen molar-refractivity contribution in [3.63, 3.8) is 0 Å². The van der Waals surface area contributed by atoms with E-state index in [4.69, 9.17) is 11.6 Å². The number of para-hydroxylation sites is 2. The van der Waals surface area contributed by atoms with Crippen LogP contribution in [0.25, 0.3) is 16.9 Å². The van der Waals surface area contributed by atoms with Gasteiger partial charge in [0.1, 0.15) is 11.5 Å². The molecule has 0 atom stereocenters. The van der Waals surface area contributed by atoms with Crippen LogP contribution in [0.4, 0.5) is 15.8 Å². The monoisotopic (exact) mass is 505 g/mol. The summed E-state index contributed by atoms with van der Waals surface area (Å²) in [5, 5.41) is 16.1. The summed E-state index contributed by atoms with van der Waals surface area (Å²) >= 11 is 6.43. The van der Waals surface area contributed by atoms with E-state index < -0.39 is 4.92 Å². The maximum absolute atomic E-state index is 14.2. The van der Waals surface area contributed by atoms with Gasteiger partial charge in [-0.3, -0.25) is 14.9 Å². The van der Waals surface area contributed by atoms with Crippen LogP contribution in [0.15, 0.2) is 78.9 Å². The standard InChI is InChI=1S/C26H21ClFN5O3/c27-20-5-1-3-7-23(20)32-25(17-22(29-32)18-9-11-19(12-10-18)33(35)36)26(34)31-15-13-30(14-16-31)24-8-4-2-6-21(24)28/h1-12,17H,13-16H2. The van der Waals surface area contributed by atoms with Crippen molar-refractivity contribution >= 4 is 28.9 Å². The fourth-order valence-corrected chi connectivity index (χ4v) is 4.47.